The summed E-state index contributed by atoms with van der Waals surface area (Å²) in [5.74, 6) is -0.144. The number of aliphatic hydroxyl groups excluding tert-OH is 1. The first-order valence-corrected chi connectivity index (χ1v) is 5.27. The Balaban J connectivity index is 2.77. The van der Waals surface area contributed by atoms with Crippen LogP contribution in [-0.4, -0.2) is 11.2 Å². The van der Waals surface area contributed by atoms with Gasteiger partial charge in [0.05, 0.1) is 12.7 Å². The monoisotopic (exact) mass is 212 g/mol. The molecule has 0 unspecified atom stereocenters. The summed E-state index contributed by atoms with van der Waals surface area (Å²) in [5, 5.41) is 8.82. The molecule has 0 saturated carbocycles. The van der Waals surface area contributed by atoms with Gasteiger partial charge in [-0.3, -0.25) is 0 Å². The first-order chi connectivity index (χ1) is 7.21. The number of aliphatic hydroxyl groups is 1. The second kappa shape index (κ2) is 5.71. The number of rotatable bonds is 5. The van der Waals surface area contributed by atoms with E-state index in [1.807, 2.05) is 13.8 Å². The van der Waals surface area contributed by atoms with E-state index < -0.39 is 5.82 Å². The third-order valence-corrected chi connectivity index (χ3v) is 2.38. The number of benzene rings is 1. The van der Waals surface area contributed by atoms with Gasteiger partial charge in [0.2, 0.25) is 0 Å². The molecule has 15 heavy (non-hydrogen) atoms. The van der Waals surface area contributed by atoms with Crippen molar-refractivity contribution in [2.45, 2.75) is 39.4 Å². The van der Waals surface area contributed by atoms with Crippen LogP contribution in [0.3, 0.4) is 0 Å². The van der Waals surface area contributed by atoms with Crippen LogP contribution in [0.4, 0.5) is 4.39 Å². The lowest BCUT2D eigenvalue weighted by Crippen LogP contribution is -2.14. The van der Waals surface area contributed by atoms with Gasteiger partial charge in [-0.1, -0.05) is 19.9 Å². The van der Waals surface area contributed by atoms with E-state index in [0.29, 0.717) is 5.56 Å². The lowest BCUT2D eigenvalue weighted by atomic mass is 10.2. The van der Waals surface area contributed by atoms with E-state index in [-0.39, 0.29) is 18.5 Å². The molecule has 1 rings (SSSR count). The van der Waals surface area contributed by atoms with Crippen LogP contribution in [0.5, 0.6) is 5.75 Å². The van der Waals surface area contributed by atoms with Gasteiger partial charge in [0.1, 0.15) is 0 Å². The summed E-state index contributed by atoms with van der Waals surface area (Å²) in [5.41, 5.74) is 0.560. The predicted molar refractivity (Wildman–Crippen MR) is 57.3 cm³/mol. The van der Waals surface area contributed by atoms with Crippen molar-refractivity contribution >= 4 is 0 Å². The van der Waals surface area contributed by atoms with Crippen molar-refractivity contribution in [1.29, 1.82) is 0 Å². The molecule has 1 aromatic rings. The second-order valence-corrected chi connectivity index (χ2v) is 3.48. The number of halogens is 1. The molecule has 0 saturated heterocycles. The Hall–Kier alpha value is -1.09. The van der Waals surface area contributed by atoms with Crippen LogP contribution < -0.4 is 4.74 Å². The summed E-state index contributed by atoms with van der Waals surface area (Å²) < 4.78 is 18.9. The van der Waals surface area contributed by atoms with Crippen molar-refractivity contribution in [3.05, 3.63) is 29.6 Å². The Bertz CT molecular complexity index is 308. The molecule has 84 valence electrons. The molecule has 0 heterocycles. The topological polar surface area (TPSA) is 29.5 Å². The van der Waals surface area contributed by atoms with Gasteiger partial charge in [0.25, 0.3) is 0 Å². The highest BCUT2D eigenvalue weighted by Gasteiger charge is 2.09. The van der Waals surface area contributed by atoms with E-state index in [0.717, 1.165) is 12.8 Å². The molecule has 0 aliphatic rings. The molecule has 1 N–H and O–H groups in total. The van der Waals surface area contributed by atoms with E-state index >= 15 is 0 Å². The largest absolute Gasteiger partial charge is 0.487 e. The quantitative estimate of drug-likeness (QED) is 0.813. The molecule has 0 spiro atoms. The zero-order valence-electron chi connectivity index (χ0n) is 9.16. The normalized spacial score (nSPS) is 10.7. The summed E-state index contributed by atoms with van der Waals surface area (Å²) in [6.45, 7) is 3.87. The van der Waals surface area contributed by atoms with E-state index in [1.54, 1.807) is 12.1 Å². The molecule has 0 radical (unpaired) electrons. The van der Waals surface area contributed by atoms with E-state index in [2.05, 4.69) is 0 Å². The first kappa shape index (κ1) is 12.0. The van der Waals surface area contributed by atoms with Gasteiger partial charge >= 0.3 is 0 Å². The molecule has 0 aliphatic heterocycles. The Morgan fingerprint density at radius 1 is 1.33 bits per heavy atom. The van der Waals surface area contributed by atoms with Gasteiger partial charge in [-0.25, -0.2) is 4.39 Å². The number of hydrogen-bond acceptors (Lipinski definition) is 2. The van der Waals surface area contributed by atoms with Crippen molar-refractivity contribution in [1.82, 2.24) is 0 Å². The molecule has 0 aliphatic carbocycles. The molecule has 0 aromatic heterocycles. The smallest absolute Gasteiger partial charge is 0.165 e. The maximum atomic E-state index is 13.4. The Kier molecular flexibility index (Phi) is 4.56. The van der Waals surface area contributed by atoms with Crippen LogP contribution in [0.2, 0.25) is 0 Å². The van der Waals surface area contributed by atoms with Gasteiger partial charge in [-0.2, -0.15) is 0 Å². The second-order valence-electron chi connectivity index (χ2n) is 3.48. The van der Waals surface area contributed by atoms with Crippen molar-refractivity contribution in [3.8, 4) is 5.75 Å². The van der Waals surface area contributed by atoms with Crippen molar-refractivity contribution < 1.29 is 14.2 Å². The van der Waals surface area contributed by atoms with Crippen LogP contribution in [-0.2, 0) is 6.61 Å². The van der Waals surface area contributed by atoms with Crippen LogP contribution in [0, 0.1) is 5.82 Å². The molecule has 0 bridgehead atoms. The highest BCUT2D eigenvalue weighted by atomic mass is 19.1. The minimum atomic E-state index is -0.409. The van der Waals surface area contributed by atoms with Crippen LogP contribution >= 0.6 is 0 Å². The average Bonchev–Trinajstić information content (AvgIpc) is 2.27. The lowest BCUT2D eigenvalue weighted by Gasteiger charge is -2.16. The van der Waals surface area contributed by atoms with Gasteiger partial charge in [-0.05, 0) is 30.5 Å². The summed E-state index contributed by atoms with van der Waals surface area (Å²) >= 11 is 0. The zero-order chi connectivity index (χ0) is 11.3. The molecule has 2 nitrogen and oxygen atoms in total. The van der Waals surface area contributed by atoms with Crippen LogP contribution in [0.1, 0.15) is 32.3 Å². The Labute approximate surface area is 89.7 Å². The number of ether oxygens (including phenoxy) is 1. The third kappa shape index (κ3) is 3.20. The van der Waals surface area contributed by atoms with E-state index in [9.17, 15) is 4.39 Å². The SMILES string of the molecule is CCC(CC)Oc1ccc(CO)cc1F. The summed E-state index contributed by atoms with van der Waals surface area (Å²) in [4.78, 5) is 0. The standard InChI is InChI=1S/C12H17FO2/c1-3-10(4-2)15-12-6-5-9(8-14)7-11(12)13/h5-7,10,14H,3-4,8H2,1-2H3. The molecular formula is C12H17FO2. The van der Waals surface area contributed by atoms with Crippen molar-refractivity contribution in [2.24, 2.45) is 0 Å². The predicted octanol–water partition coefficient (Wildman–Crippen LogP) is 2.89. The van der Waals surface area contributed by atoms with Gasteiger partial charge < -0.3 is 9.84 Å². The third-order valence-electron chi connectivity index (χ3n) is 2.38. The fraction of sp³-hybridized carbons (Fsp3) is 0.500. The van der Waals surface area contributed by atoms with Gasteiger partial charge in [0, 0.05) is 0 Å². The highest BCUT2D eigenvalue weighted by molar-refractivity contribution is 5.29. The minimum absolute atomic E-state index is 0.0551. The van der Waals surface area contributed by atoms with Crippen LogP contribution in [0.15, 0.2) is 18.2 Å². The van der Waals surface area contributed by atoms with Gasteiger partial charge in [0.15, 0.2) is 11.6 Å². The molecule has 0 amide bonds. The Morgan fingerprint density at radius 2 is 2.00 bits per heavy atom. The Morgan fingerprint density at radius 3 is 2.47 bits per heavy atom. The zero-order valence-corrected chi connectivity index (χ0v) is 9.16. The summed E-state index contributed by atoms with van der Waals surface area (Å²) in [6.07, 6.45) is 1.77. The maximum Gasteiger partial charge on any atom is 0.165 e. The van der Waals surface area contributed by atoms with Crippen molar-refractivity contribution in [3.63, 3.8) is 0 Å². The summed E-state index contributed by atoms with van der Waals surface area (Å²) in [7, 11) is 0. The highest BCUT2D eigenvalue weighted by Crippen LogP contribution is 2.21. The maximum absolute atomic E-state index is 13.4. The molecule has 0 fully saturated rings. The summed E-state index contributed by atoms with van der Waals surface area (Å²) in [6, 6.07) is 4.54. The molecular weight excluding hydrogens is 195 g/mol. The molecule has 3 heteroatoms. The lowest BCUT2D eigenvalue weighted by molar-refractivity contribution is 0.184. The van der Waals surface area contributed by atoms with Crippen LogP contribution in [0.25, 0.3) is 0 Å². The number of hydrogen-bond donors (Lipinski definition) is 1. The van der Waals surface area contributed by atoms with Gasteiger partial charge in [-0.15, -0.1) is 0 Å². The molecule has 1 aromatic carbocycles. The molecule has 0 atom stereocenters. The average molecular weight is 212 g/mol. The minimum Gasteiger partial charge on any atom is -0.487 e. The fourth-order valence-corrected chi connectivity index (χ4v) is 1.37. The fourth-order valence-electron chi connectivity index (χ4n) is 1.37. The van der Waals surface area contributed by atoms with Crippen molar-refractivity contribution in [2.75, 3.05) is 0 Å². The van der Waals surface area contributed by atoms with E-state index in [4.69, 9.17) is 9.84 Å². The van der Waals surface area contributed by atoms with E-state index in [1.165, 1.54) is 6.07 Å². The first-order valence-electron chi connectivity index (χ1n) is 5.27.